The van der Waals surface area contributed by atoms with Crippen LogP contribution in [0.2, 0.25) is 0 Å². The van der Waals surface area contributed by atoms with Crippen LogP contribution in [-0.2, 0) is 4.74 Å². The van der Waals surface area contributed by atoms with Crippen LogP contribution >= 0.6 is 0 Å². The molecule has 0 bridgehead atoms. The molecule has 4 aromatic rings. The van der Waals surface area contributed by atoms with Crippen LogP contribution in [0.3, 0.4) is 0 Å². The number of aromatic nitrogens is 2. The van der Waals surface area contributed by atoms with E-state index in [9.17, 15) is 4.79 Å². The van der Waals surface area contributed by atoms with Gasteiger partial charge in [0.1, 0.15) is 11.5 Å². The van der Waals surface area contributed by atoms with Crippen molar-refractivity contribution in [3.8, 4) is 34.0 Å². The maximum absolute atomic E-state index is 12.8. The maximum atomic E-state index is 12.8. The van der Waals surface area contributed by atoms with Crippen molar-refractivity contribution in [2.45, 2.75) is 32.8 Å². The number of carbonyl (C=O) groups excluding carboxylic acids is 1. The third-order valence-corrected chi connectivity index (χ3v) is 6.32. The normalized spacial score (nSPS) is 15.0. The van der Waals surface area contributed by atoms with Crippen LogP contribution < -0.4 is 14.8 Å². The first-order valence-corrected chi connectivity index (χ1v) is 12.8. The highest BCUT2D eigenvalue weighted by Crippen LogP contribution is 2.33. The minimum Gasteiger partial charge on any atom is -0.494 e. The van der Waals surface area contributed by atoms with Crippen LogP contribution in [-0.4, -0.2) is 48.3 Å². The van der Waals surface area contributed by atoms with Gasteiger partial charge in [0.25, 0.3) is 5.91 Å². The Morgan fingerprint density at radius 3 is 2.00 bits per heavy atom. The second-order valence-electron chi connectivity index (χ2n) is 8.88. The lowest BCUT2D eigenvalue weighted by atomic mass is 10.0. The fourth-order valence-corrected chi connectivity index (χ4v) is 4.46. The number of hydrogen-bond acceptors (Lipinski definition) is 6. The molecule has 1 atom stereocenters. The van der Waals surface area contributed by atoms with E-state index in [0.29, 0.717) is 36.4 Å². The van der Waals surface area contributed by atoms with Crippen LogP contribution in [0.1, 0.15) is 37.0 Å². The highest BCUT2D eigenvalue weighted by atomic mass is 16.5. The number of ether oxygens (including phenoxy) is 3. The molecule has 0 saturated carbocycles. The summed E-state index contributed by atoms with van der Waals surface area (Å²) >= 11 is 0. The molecule has 1 N–H and O–H groups in total. The van der Waals surface area contributed by atoms with Crippen LogP contribution in [0.5, 0.6) is 11.5 Å². The van der Waals surface area contributed by atoms with Gasteiger partial charge in [-0.3, -0.25) is 4.79 Å². The van der Waals surface area contributed by atoms with Gasteiger partial charge in [-0.2, -0.15) is 0 Å². The predicted molar refractivity (Wildman–Crippen MR) is 144 cm³/mol. The van der Waals surface area contributed by atoms with Gasteiger partial charge in [0.05, 0.1) is 41.7 Å². The molecule has 3 aromatic carbocycles. The Morgan fingerprint density at radius 2 is 1.46 bits per heavy atom. The van der Waals surface area contributed by atoms with Crippen LogP contribution in [0.4, 0.5) is 0 Å². The van der Waals surface area contributed by atoms with Crippen molar-refractivity contribution in [2.24, 2.45) is 0 Å². The molecule has 0 spiro atoms. The molecule has 1 amide bonds. The minimum atomic E-state index is -0.141. The first-order valence-electron chi connectivity index (χ1n) is 12.8. The van der Waals surface area contributed by atoms with E-state index in [2.05, 4.69) is 5.32 Å². The van der Waals surface area contributed by atoms with Crippen molar-refractivity contribution < 1.29 is 19.0 Å². The number of benzene rings is 3. The first kappa shape index (κ1) is 24.7. The Hall–Kier alpha value is -3.97. The number of hydrogen-bond donors (Lipinski definition) is 1. The molecule has 7 nitrogen and oxygen atoms in total. The zero-order chi connectivity index (χ0) is 25.6. The summed E-state index contributed by atoms with van der Waals surface area (Å²) in [7, 11) is 0. The van der Waals surface area contributed by atoms with E-state index in [4.69, 9.17) is 24.2 Å². The molecule has 0 aliphatic carbocycles. The summed E-state index contributed by atoms with van der Waals surface area (Å²) in [6.45, 7) is 6.40. The van der Waals surface area contributed by atoms with E-state index in [1.807, 2.05) is 68.4 Å². The second-order valence-corrected chi connectivity index (χ2v) is 8.88. The van der Waals surface area contributed by atoms with Crippen molar-refractivity contribution in [1.29, 1.82) is 0 Å². The van der Waals surface area contributed by atoms with Gasteiger partial charge in [0, 0.05) is 29.8 Å². The summed E-state index contributed by atoms with van der Waals surface area (Å²) < 4.78 is 16.8. The Labute approximate surface area is 216 Å². The molecule has 190 valence electrons. The highest BCUT2D eigenvalue weighted by molar-refractivity contribution is 5.98. The van der Waals surface area contributed by atoms with Crippen molar-refractivity contribution in [3.63, 3.8) is 0 Å². The summed E-state index contributed by atoms with van der Waals surface area (Å²) in [5, 5.41) is 2.98. The Balaban J connectivity index is 1.52. The molecule has 0 radical (unpaired) electrons. The van der Waals surface area contributed by atoms with Crippen molar-refractivity contribution >= 4 is 16.9 Å². The van der Waals surface area contributed by atoms with E-state index in [1.54, 1.807) is 12.1 Å². The van der Waals surface area contributed by atoms with E-state index in [0.717, 1.165) is 53.5 Å². The minimum absolute atomic E-state index is 0.0899. The Morgan fingerprint density at radius 1 is 0.865 bits per heavy atom. The molecular weight excluding hydrogens is 466 g/mol. The van der Waals surface area contributed by atoms with E-state index in [-0.39, 0.29) is 12.0 Å². The third-order valence-electron chi connectivity index (χ3n) is 6.32. The predicted octanol–water partition coefficient (Wildman–Crippen LogP) is 5.67. The van der Waals surface area contributed by atoms with Crippen LogP contribution in [0, 0.1) is 0 Å². The van der Waals surface area contributed by atoms with Gasteiger partial charge in [-0.1, -0.05) is 0 Å². The van der Waals surface area contributed by atoms with Crippen LogP contribution in [0.25, 0.3) is 33.5 Å². The van der Waals surface area contributed by atoms with E-state index >= 15 is 0 Å². The zero-order valence-electron chi connectivity index (χ0n) is 21.2. The zero-order valence-corrected chi connectivity index (χ0v) is 21.2. The lowest BCUT2D eigenvalue weighted by Crippen LogP contribution is -2.31. The molecule has 1 unspecified atom stereocenters. The summed E-state index contributed by atoms with van der Waals surface area (Å²) in [5.41, 5.74) is 5.26. The second kappa shape index (κ2) is 11.4. The SMILES string of the molecule is CCOc1ccc(-c2nc3ccc(C(=O)NCC4CCCO4)cc3nc2-c2ccc(OCC)cc2)cc1. The molecule has 1 aliphatic rings. The molecule has 7 heteroatoms. The highest BCUT2D eigenvalue weighted by Gasteiger charge is 2.18. The molecule has 5 rings (SSSR count). The summed E-state index contributed by atoms with van der Waals surface area (Å²) in [4.78, 5) is 22.8. The number of carbonyl (C=O) groups is 1. The molecule has 1 fully saturated rings. The number of nitrogens with one attached hydrogen (secondary N) is 1. The fraction of sp³-hybridized carbons (Fsp3) is 0.300. The van der Waals surface area contributed by atoms with Gasteiger partial charge in [-0.05, 0) is 93.4 Å². The summed E-state index contributed by atoms with van der Waals surface area (Å²) in [6.07, 6.45) is 2.10. The van der Waals surface area contributed by atoms with Crippen molar-refractivity contribution in [3.05, 3.63) is 72.3 Å². The van der Waals surface area contributed by atoms with E-state index in [1.165, 1.54) is 0 Å². The number of rotatable bonds is 9. The molecule has 1 aliphatic heterocycles. The summed E-state index contributed by atoms with van der Waals surface area (Å²) in [5.74, 6) is 1.46. The van der Waals surface area contributed by atoms with E-state index < -0.39 is 0 Å². The largest absolute Gasteiger partial charge is 0.494 e. The van der Waals surface area contributed by atoms with Crippen molar-refractivity contribution in [1.82, 2.24) is 15.3 Å². The first-order chi connectivity index (χ1) is 18.1. The topological polar surface area (TPSA) is 82.6 Å². The standard InChI is InChI=1S/C30H31N3O4/c1-3-35-23-12-7-20(8-13-23)28-29(21-9-14-24(15-10-21)36-4-2)33-27-18-22(11-16-26(27)32-28)30(34)31-19-25-6-5-17-37-25/h7-16,18,25H,3-6,17,19H2,1-2H3,(H,31,34). The van der Waals surface area contributed by atoms with Gasteiger partial charge in [-0.25, -0.2) is 9.97 Å². The number of nitrogens with zero attached hydrogens (tertiary/aromatic N) is 2. The van der Waals surface area contributed by atoms with Crippen molar-refractivity contribution in [2.75, 3.05) is 26.4 Å². The van der Waals surface area contributed by atoms with Gasteiger partial charge < -0.3 is 19.5 Å². The molecule has 1 saturated heterocycles. The Bertz CT molecular complexity index is 1360. The monoisotopic (exact) mass is 497 g/mol. The fourth-order valence-electron chi connectivity index (χ4n) is 4.46. The van der Waals surface area contributed by atoms with Crippen LogP contribution in [0.15, 0.2) is 66.7 Å². The lowest BCUT2D eigenvalue weighted by molar-refractivity contribution is 0.0858. The number of fused-ring (bicyclic) bond motifs is 1. The molecule has 1 aromatic heterocycles. The number of amides is 1. The average Bonchev–Trinajstić information content (AvgIpc) is 3.46. The quantitative estimate of drug-likeness (QED) is 0.321. The van der Waals surface area contributed by atoms with Gasteiger partial charge in [-0.15, -0.1) is 0 Å². The Kier molecular flexibility index (Phi) is 7.61. The lowest BCUT2D eigenvalue weighted by Gasteiger charge is -2.13. The van der Waals surface area contributed by atoms with Gasteiger partial charge >= 0.3 is 0 Å². The summed E-state index contributed by atoms with van der Waals surface area (Å²) in [6, 6.07) is 21.1. The van der Waals surface area contributed by atoms with Gasteiger partial charge in [0.15, 0.2) is 0 Å². The smallest absolute Gasteiger partial charge is 0.251 e. The maximum Gasteiger partial charge on any atom is 0.251 e. The third kappa shape index (κ3) is 5.73. The molecular formula is C30H31N3O4. The average molecular weight is 498 g/mol. The molecule has 2 heterocycles. The molecule has 37 heavy (non-hydrogen) atoms. The van der Waals surface area contributed by atoms with Gasteiger partial charge in [0.2, 0.25) is 0 Å².